The van der Waals surface area contributed by atoms with Crippen molar-refractivity contribution in [3.63, 3.8) is 0 Å². The smallest absolute Gasteiger partial charge is 0.253 e. The molecule has 25 heavy (non-hydrogen) atoms. The van der Waals surface area contributed by atoms with Crippen LogP contribution < -0.4 is 5.32 Å². The van der Waals surface area contributed by atoms with E-state index in [1.54, 1.807) is 6.20 Å². The minimum atomic E-state index is -0.0320. The van der Waals surface area contributed by atoms with E-state index in [1.807, 2.05) is 49.7 Å². The van der Waals surface area contributed by atoms with Crippen molar-refractivity contribution >= 4 is 5.91 Å². The van der Waals surface area contributed by atoms with E-state index in [-0.39, 0.29) is 11.9 Å². The maximum absolute atomic E-state index is 12.7. The van der Waals surface area contributed by atoms with Gasteiger partial charge in [0.2, 0.25) is 0 Å². The van der Waals surface area contributed by atoms with Gasteiger partial charge in [0.25, 0.3) is 5.91 Å². The van der Waals surface area contributed by atoms with E-state index in [9.17, 15) is 4.79 Å². The predicted octanol–water partition coefficient (Wildman–Crippen LogP) is 1.84. The maximum Gasteiger partial charge on any atom is 0.253 e. The zero-order valence-corrected chi connectivity index (χ0v) is 15.2. The standard InChI is InChI=1S/C19H26N4O2/c1-14-12-16(15(2)22(14)3)19(24)21-13-18(17-6-4-5-7-20-17)23-8-10-25-11-9-23/h4-7,12,18H,8-11,13H2,1-3H3,(H,21,24). The summed E-state index contributed by atoms with van der Waals surface area (Å²) < 4.78 is 7.49. The van der Waals surface area contributed by atoms with Crippen LogP contribution in [0.4, 0.5) is 0 Å². The molecule has 1 atom stereocenters. The van der Waals surface area contributed by atoms with Gasteiger partial charge in [-0.2, -0.15) is 0 Å². The van der Waals surface area contributed by atoms with Crippen molar-refractivity contribution in [1.82, 2.24) is 19.8 Å². The van der Waals surface area contributed by atoms with E-state index >= 15 is 0 Å². The van der Waals surface area contributed by atoms with Crippen LogP contribution in [0.15, 0.2) is 30.5 Å². The highest BCUT2D eigenvalue weighted by atomic mass is 16.5. The van der Waals surface area contributed by atoms with Gasteiger partial charge in [-0.05, 0) is 32.0 Å². The number of aromatic nitrogens is 2. The average molecular weight is 342 g/mol. The summed E-state index contributed by atoms with van der Waals surface area (Å²) in [5.74, 6) is -0.0320. The lowest BCUT2D eigenvalue weighted by Gasteiger charge is -2.34. The summed E-state index contributed by atoms with van der Waals surface area (Å²) in [5.41, 5.74) is 3.78. The number of carbonyl (C=O) groups is 1. The van der Waals surface area contributed by atoms with Gasteiger partial charge in [-0.1, -0.05) is 6.07 Å². The van der Waals surface area contributed by atoms with Gasteiger partial charge in [0, 0.05) is 44.3 Å². The molecule has 134 valence electrons. The molecule has 1 amide bonds. The first-order valence-electron chi connectivity index (χ1n) is 8.71. The number of nitrogens with zero attached hydrogens (tertiary/aromatic N) is 3. The summed E-state index contributed by atoms with van der Waals surface area (Å²) in [6.07, 6.45) is 1.80. The molecule has 0 aliphatic carbocycles. The van der Waals surface area contributed by atoms with E-state index < -0.39 is 0 Å². The molecule has 1 saturated heterocycles. The number of amides is 1. The lowest BCUT2D eigenvalue weighted by Crippen LogP contribution is -2.44. The summed E-state index contributed by atoms with van der Waals surface area (Å²) in [7, 11) is 1.98. The molecule has 0 saturated carbocycles. The van der Waals surface area contributed by atoms with Crippen molar-refractivity contribution in [2.45, 2.75) is 19.9 Å². The lowest BCUT2D eigenvalue weighted by atomic mass is 10.1. The van der Waals surface area contributed by atoms with E-state index in [1.165, 1.54) is 0 Å². The van der Waals surface area contributed by atoms with Gasteiger partial charge in [0.05, 0.1) is 30.5 Å². The first-order valence-corrected chi connectivity index (χ1v) is 8.71. The summed E-state index contributed by atoms with van der Waals surface area (Å²) in [6.45, 7) is 7.64. The Morgan fingerprint density at radius 3 is 2.68 bits per heavy atom. The molecule has 1 N–H and O–H groups in total. The Labute approximate surface area is 148 Å². The average Bonchev–Trinajstić information content (AvgIpc) is 2.91. The van der Waals surface area contributed by atoms with Crippen LogP contribution in [0, 0.1) is 13.8 Å². The second-order valence-corrected chi connectivity index (χ2v) is 6.47. The molecule has 0 radical (unpaired) electrons. The molecular weight excluding hydrogens is 316 g/mol. The van der Waals surface area contributed by atoms with Crippen LogP contribution in [0.2, 0.25) is 0 Å². The van der Waals surface area contributed by atoms with Crippen LogP contribution in [0.3, 0.4) is 0 Å². The summed E-state index contributed by atoms with van der Waals surface area (Å²) in [5, 5.41) is 3.10. The van der Waals surface area contributed by atoms with Crippen molar-refractivity contribution < 1.29 is 9.53 Å². The topological polar surface area (TPSA) is 59.4 Å². The molecule has 0 aromatic carbocycles. The third-order valence-corrected chi connectivity index (χ3v) is 4.99. The molecule has 6 heteroatoms. The Bertz CT molecular complexity index is 721. The van der Waals surface area contributed by atoms with Crippen molar-refractivity contribution in [1.29, 1.82) is 0 Å². The minimum Gasteiger partial charge on any atom is -0.379 e. The van der Waals surface area contributed by atoms with Gasteiger partial charge in [0.1, 0.15) is 0 Å². The van der Waals surface area contributed by atoms with E-state index in [0.717, 1.165) is 35.7 Å². The predicted molar refractivity (Wildman–Crippen MR) is 96.6 cm³/mol. The zero-order chi connectivity index (χ0) is 17.8. The molecule has 3 heterocycles. The van der Waals surface area contributed by atoms with Gasteiger partial charge >= 0.3 is 0 Å². The summed E-state index contributed by atoms with van der Waals surface area (Å²) in [6, 6.07) is 7.91. The molecule has 1 aliphatic rings. The molecule has 3 rings (SSSR count). The monoisotopic (exact) mass is 342 g/mol. The highest BCUT2D eigenvalue weighted by Crippen LogP contribution is 2.20. The summed E-state index contributed by atoms with van der Waals surface area (Å²) in [4.78, 5) is 19.5. The minimum absolute atomic E-state index is 0.0320. The van der Waals surface area contributed by atoms with Crippen LogP contribution in [-0.4, -0.2) is 53.2 Å². The molecular formula is C19H26N4O2. The van der Waals surface area contributed by atoms with Crippen LogP contribution in [0.1, 0.15) is 33.5 Å². The number of pyridine rings is 1. The fourth-order valence-corrected chi connectivity index (χ4v) is 3.25. The van der Waals surface area contributed by atoms with Crippen LogP contribution in [0.25, 0.3) is 0 Å². The summed E-state index contributed by atoms with van der Waals surface area (Å²) >= 11 is 0. The Morgan fingerprint density at radius 1 is 1.32 bits per heavy atom. The van der Waals surface area contributed by atoms with E-state index in [4.69, 9.17) is 4.74 Å². The third-order valence-electron chi connectivity index (χ3n) is 4.99. The molecule has 0 bridgehead atoms. The number of hydrogen-bond acceptors (Lipinski definition) is 4. The molecule has 2 aromatic heterocycles. The highest BCUT2D eigenvalue weighted by molar-refractivity contribution is 5.95. The maximum atomic E-state index is 12.7. The molecule has 2 aromatic rings. The normalized spacial score (nSPS) is 16.6. The third kappa shape index (κ3) is 3.91. The van der Waals surface area contributed by atoms with E-state index in [2.05, 4.69) is 15.2 Å². The largest absolute Gasteiger partial charge is 0.379 e. The van der Waals surface area contributed by atoms with Gasteiger partial charge in [-0.3, -0.25) is 14.7 Å². The Hall–Kier alpha value is -2.18. The number of hydrogen-bond donors (Lipinski definition) is 1. The van der Waals surface area contributed by atoms with Crippen molar-refractivity contribution in [3.05, 3.63) is 53.1 Å². The quantitative estimate of drug-likeness (QED) is 0.901. The first kappa shape index (κ1) is 17.6. The number of ether oxygens (including phenoxy) is 1. The van der Waals surface area contributed by atoms with Gasteiger partial charge in [-0.25, -0.2) is 0 Å². The van der Waals surface area contributed by atoms with Gasteiger partial charge in [0.15, 0.2) is 0 Å². The second-order valence-electron chi connectivity index (χ2n) is 6.47. The zero-order valence-electron chi connectivity index (χ0n) is 15.2. The van der Waals surface area contributed by atoms with Gasteiger partial charge < -0.3 is 14.6 Å². The van der Waals surface area contributed by atoms with Crippen LogP contribution >= 0.6 is 0 Å². The fourth-order valence-electron chi connectivity index (χ4n) is 3.25. The van der Waals surface area contributed by atoms with Crippen LogP contribution in [-0.2, 0) is 11.8 Å². The second kappa shape index (κ2) is 7.80. The SMILES string of the molecule is Cc1cc(C(=O)NCC(c2ccccn2)N2CCOCC2)c(C)n1C. The molecule has 1 aliphatic heterocycles. The lowest BCUT2D eigenvalue weighted by molar-refractivity contribution is 0.0154. The molecule has 1 fully saturated rings. The van der Waals surface area contributed by atoms with Crippen molar-refractivity contribution in [2.75, 3.05) is 32.8 Å². The van der Waals surface area contributed by atoms with E-state index in [0.29, 0.717) is 19.8 Å². The Kier molecular flexibility index (Phi) is 5.50. The van der Waals surface area contributed by atoms with Crippen molar-refractivity contribution in [3.8, 4) is 0 Å². The van der Waals surface area contributed by atoms with Crippen LogP contribution in [0.5, 0.6) is 0 Å². The first-order chi connectivity index (χ1) is 12.1. The fraction of sp³-hybridized carbons (Fsp3) is 0.474. The molecule has 6 nitrogen and oxygen atoms in total. The Balaban J connectivity index is 1.74. The molecule has 0 spiro atoms. The number of aryl methyl sites for hydroxylation is 1. The molecule has 1 unspecified atom stereocenters. The number of morpholine rings is 1. The Morgan fingerprint density at radius 2 is 2.08 bits per heavy atom. The number of nitrogens with one attached hydrogen (secondary N) is 1. The van der Waals surface area contributed by atoms with Crippen molar-refractivity contribution in [2.24, 2.45) is 7.05 Å². The number of carbonyl (C=O) groups excluding carboxylic acids is 1. The van der Waals surface area contributed by atoms with Gasteiger partial charge in [-0.15, -0.1) is 0 Å². The number of rotatable bonds is 5. The highest BCUT2D eigenvalue weighted by Gasteiger charge is 2.25.